The molecule has 1 heterocycles. The van der Waals surface area contributed by atoms with Crippen molar-refractivity contribution in [3.63, 3.8) is 0 Å². The summed E-state index contributed by atoms with van der Waals surface area (Å²) in [7, 11) is 0. The van der Waals surface area contributed by atoms with Crippen LogP contribution >= 0.6 is 11.3 Å². The van der Waals surface area contributed by atoms with E-state index in [4.69, 9.17) is 5.73 Å². The number of anilines is 1. The van der Waals surface area contributed by atoms with E-state index in [1.54, 1.807) is 11.3 Å². The van der Waals surface area contributed by atoms with Crippen molar-refractivity contribution in [2.24, 2.45) is 5.92 Å². The Morgan fingerprint density at radius 1 is 1.30 bits per heavy atom. The van der Waals surface area contributed by atoms with Crippen molar-refractivity contribution in [2.45, 2.75) is 33.1 Å². The molecule has 0 saturated heterocycles. The average molecular weight is 285 g/mol. The Morgan fingerprint density at radius 2 is 2.00 bits per heavy atom. The van der Waals surface area contributed by atoms with Crippen LogP contribution in [0.2, 0.25) is 0 Å². The van der Waals surface area contributed by atoms with Gasteiger partial charge in [0.05, 0.1) is 10.6 Å². The summed E-state index contributed by atoms with van der Waals surface area (Å²) in [5, 5.41) is 0.690. The largest absolute Gasteiger partial charge is 0.390 e. The summed E-state index contributed by atoms with van der Waals surface area (Å²) in [4.78, 5) is 14.0. The van der Waals surface area contributed by atoms with Gasteiger partial charge in [-0.15, -0.1) is 11.3 Å². The second kappa shape index (κ2) is 5.06. The molecule has 104 valence electrons. The smallest absolute Gasteiger partial charge is 0.196 e. The van der Waals surface area contributed by atoms with Crippen molar-refractivity contribution in [3.8, 4) is 0 Å². The first kappa shape index (κ1) is 13.4. The number of benzene rings is 1. The van der Waals surface area contributed by atoms with Crippen LogP contribution in [-0.4, -0.2) is 5.78 Å². The molecule has 0 amide bonds. The van der Waals surface area contributed by atoms with Gasteiger partial charge in [0.15, 0.2) is 5.78 Å². The van der Waals surface area contributed by atoms with E-state index in [2.05, 4.69) is 6.92 Å². The number of carbonyl (C=O) groups excluding carboxylic acids is 1. The number of hydrogen-bond donors (Lipinski definition) is 1. The first-order chi connectivity index (χ1) is 9.56. The van der Waals surface area contributed by atoms with Crippen LogP contribution in [0.25, 0.3) is 0 Å². The Bertz CT molecular complexity index is 654. The molecule has 0 saturated carbocycles. The van der Waals surface area contributed by atoms with Crippen LogP contribution in [0.5, 0.6) is 0 Å². The molecule has 0 spiro atoms. The van der Waals surface area contributed by atoms with E-state index in [1.807, 2.05) is 31.2 Å². The third kappa shape index (κ3) is 2.27. The van der Waals surface area contributed by atoms with Gasteiger partial charge in [-0.25, -0.2) is 0 Å². The topological polar surface area (TPSA) is 43.1 Å². The molecule has 0 fully saturated rings. The van der Waals surface area contributed by atoms with E-state index in [1.165, 1.54) is 10.4 Å². The van der Waals surface area contributed by atoms with Crippen LogP contribution in [0.1, 0.15) is 45.3 Å². The van der Waals surface area contributed by atoms with Crippen molar-refractivity contribution in [2.75, 3.05) is 5.73 Å². The maximum atomic E-state index is 12.7. The molecule has 1 atom stereocenters. The van der Waals surface area contributed by atoms with Gasteiger partial charge in [-0.1, -0.05) is 36.8 Å². The zero-order chi connectivity index (χ0) is 14.3. The number of hydrogen-bond acceptors (Lipinski definition) is 3. The molecular formula is C17H19NOS. The number of aryl methyl sites for hydroxylation is 1. The van der Waals surface area contributed by atoms with Gasteiger partial charge in [-0.3, -0.25) is 4.79 Å². The van der Waals surface area contributed by atoms with Gasteiger partial charge in [-0.2, -0.15) is 0 Å². The van der Waals surface area contributed by atoms with E-state index in [-0.39, 0.29) is 5.78 Å². The molecular weight excluding hydrogens is 266 g/mol. The summed E-state index contributed by atoms with van der Waals surface area (Å²) in [6.07, 6.45) is 3.19. The minimum absolute atomic E-state index is 0.0783. The summed E-state index contributed by atoms with van der Waals surface area (Å²) < 4.78 is 0. The van der Waals surface area contributed by atoms with Crippen molar-refractivity contribution in [3.05, 3.63) is 51.4 Å². The highest BCUT2D eigenvalue weighted by Gasteiger charge is 2.26. The van der Waals surface area contributed by atoms with Crippen LogP contribution in [0, 0.1) is 12.8 Å². The lowest BCUT2D eigenvalue weighted by atomic mass is 9.86. The Kier molecular flexibility index (Phi) is 3.38. The van der Waals surface area contributed by atoms with Crippen molar-refractivity contribution in [1.29, 1.82) is 0 Å². The van der Waals surface area contributed by atoms with E-state index in [0.717, 1.165) is 36.0 Å². The Labute approximate surface area is 123 Å². The summed E-state index contributed by atoms with van der Waals surface area (Å²) in [5.41, 5.74) is 10.0. The summed E-state index contributed by atoms with van der Waals surface area (Å²) in [5.74, 6) is 0.775. The highest BCUT2D eigenvalue weighted by molar-refractivity contribution is 7.16. The number of rotatable bonds is 2. The highest BCUT2D eigenvalue weighted by atomic mass is 32.1. The first-order valence-corrected chi connectivity index (χ1v) is 7.89. The quantitative estimate of drug-likeness (QED) is 0.848. The van der Waals surface area contributed by atoms with E-state index in [0.29, 0.717) is 10.9 Å². The SMILES string of the molecule is Cc1ccc(C(=O)c2c(N)sc3c2CCC(C)C3)cc1. The minimum atomic E-state index is 0.0783. The number of carbonyl (C=O) groups is 1. The predicted octanol–water partition coefficient (Wildman–Crippen LogP) is 3.99. The molecule has 2 aromatic rings. The molecule has 1 aromatic carbocycles. The molecule has 1 aliphatic carbocycles. The highest BCUT2D eigenvalue weighted by Crippen LogP contribution is 2.39. The van der Waals surface area contributed by atoms with Crippen LogP contribution in [0.15, 0.2) is 24.3 Å². The van der Waals surface area contributed by atoms with Crippen LogP contribution in [0.4, 0.5) is 5.00 Å². The second-order valence-electron chi connectivity index (χ2n) is 5.79. The maximum Gasteiger partial charge on any atom is 0.196 e. The monoisotopic (exact) mass is 285 g/mol. The molecule has 20 heavy (non-hydrogen) atoms. The van der Waals surface area contributed by atoms with Gasteiger partial charge in [0.1, 0.15) is 0 Å². The number of nitrogens with two attached hydrogens (primary N) is 1. The molecule has 1 aliphatic rings. The van der Waals surface area contributed by atoms with Gasteiger partial charge in [-0.05, 0) is 37.7 Å². The molecule has 0 bridgehead atoms. The van der Waals surface area contributed by atoms with Gasteiger partial charge < -0.3 is 5.73 Å². The van der Waals surface area contributed by atoms with Crippen molar-refractivity contribution >= 4 is 22.1 Å². The van der Waals surface area contributed by atoms with Crippen LogP contribution < -0.4 is 5.73 Å². The maximum absolute atomic E-state index is 12.7. The lowest BCUT2D eigenvalue weighted by Crippen LogP contribution is -2.13. The fourth-order valence-corrected chi connectivity index (χ4v) is 4.15. The first-order valence-electron chi connectivity index (χ1n) is 7.07. The minimum Gasteiger partial charge on any atom is -0.390 e. The molecule has 1 aromatic heterocycles. The van der Waals surface area contributed by atoms with E-state index < -0.39 is 0 Å². The van der Waals surface area contributed by atoms with E-state index >= 15 is 0 Å². The van der Waals surface area contributed by atoms with Gasteiger partial charge in [0, 0.05) is 10.4 Å². The zero-order valence-electron chi connectivity index (χ0n) is 11.9. The lowest BCUT2D eigenvalue weighted by molar-refractivity contribution is 0.103. The third-order valence-electron chi connectivity index (χ3n) is 4.08. The van der Waals surface area contributed by atoms with Gasteiger partial charge in [0.25, 0.3) is 0 Å². The Morgan fingerprint density at radius 3 is 2.70 bits per heavy atom. The number of thiophene rings is 1. The fraction of sp³-hybridized carbons (Fsp3) is 0.353. The van der Waals surface area contributed by atoms with Crippen molar-refractivity contribution in [1.82, 2.24) is 0 Å². The molecule has 2 nitrogen and oxygen atoms in total. The van der Waals surface area contributed by atoms with Crippen LogP contribution in [0.3, 0.4) is 0 Å². The fourth-order valence-electron chi connectivity index (χ4n) is 2.87. The zero-order valence-corrected chi connectivity index (χ0v) is 12.7. The van der Waals surface area contributed by atoms with Gasteiger partial charge >= 0.3 is 0 Å². The Balaban J connectivity index is 2.02. The lowest BCUT2D eigenvalue weighted by Gasteiger charge is -2.18. The van der Waals surface area contributed by atoms with Gasteiger partial charge in [0.2, 0.25) is 0 Å². The molecule has 3 rings (SSSR count). The number of nitrogen functional groups attached to an aromatic ring is 1. The molecule has 2 N–H and O–H groups in total. The molecule has 1 unspecified atom stereocenters. The summed E-state index contributed by atoms with van der Waals surface area (Å²) in [6, 6.07) is 7.74. The standard InChI is InChI=1S/C17H19NOS/c1-10-3-6-12(7-4-10)16(19)15-13-8-5-11(2)9-14(13)20-17(15)18/h3-4,6-7,11H,5,8-9,18H2,1-2H3. The number of ketones is 1. The molecule has 0 aliphatic heterocycles. The summed E-state index contributed by atoms with van der Waals surface area (Å²) >= 11 is 1.60. The molecule has 0 radical (unpaired) electrons. The predicted molar refractivity (Wildman–Crippen MR) is 84.5 cm³/mol. The van der Waals surface area contributed by atoms with E-state index in [9.17, 15) is 4.79 Å². The van der Waals surface area contributed by atoms with Crippen molar-refractivity contribution < 1.29 is 4.79 Å². The van der Waals surface area contributed by atoms with Crippen LogP contribution in [-0.2, 0) is 12.8 Å². The molecule has 3 heteroatoms. The third-order valence-corrected chi connectivity index (χ3v) is 5.16. The summed E-state index contributed by atoms with van der Waals surface area (Å²) in [6.45, 7) is 4.29. The average Bonchev–Trinajstić information content (AvgIpc) is 2.73. The Hall–Kier alpha value is -1.61. The normalized spacial score (nSPS) is 17.8. The second-order valence-corrected chi connectivity index (χ2v) is 6.92. The number of fused-ring (bicyclic) bond motifs is 1.